The van der Waals surface area contributed by atoms with Gasteiger partial charge >= 0.3 is 5.97 Å². The van der Waals surface area contributed by atoms with Gasteiger partial charge in [-0.3, -0.25) is 4.79 Å². The molecule has 1 N–H and O–H groups in total. The Bertz CT molecular complexity index is 341. The van der Waals surface area contributed by atoms with Gasteiger partial charge in [-0.1, -0.05) is 11.8 Å². The van der Waals surface area contributed by atoms with Gasteiger partial charge in [0.2, 0.25) is 0 Å². The number of aromatic nitrogens is 2. The number of thioether (sulfide) groups is 1. The molecule has 1 atom stereocenters. The third kappa shape index (κ3) is 3.43. The maximum absolute atomic E-state index is 11.5. The molecule has 0 aromatic carbocycles. The predicted molar refractivity (Wildman–Crippen MR) is 62.6 cm³/mol. The minimum atomic E-state index is -0.244. The second kappa shape index (κ2) is 5.60. The number of nitrogens with zero attached hydrogens (tertiary/aromatic N) is 2. The van der Waals surface area contributed by atoms with Gasteiger partial charge in [0.15, 0.2) is 4.34 Å². The van der Waals surface area contributed by atoms with Crippen LogP contribution in [0, 0.1) is 0 Å². The summed E-state index contributed by atoms with van der Waals surface area (Å²) in [5, 5.41) is 3.27. The highest BCUT2D eigenvalue weighted by Crippen LogP contribution is 2.23. The van der Waals surface area contributed by atoms with Gasteiger partial charge < -0.3 is 10.1 Å². The van der Waals surface area contributed by atoms with Crippen molar-refractivity contribution in [1.29, 1.82) is 0 Å². The fourth-order valence-electron chi connectivity index (χ4n) is 1.24. The van der Waals surface area contributed by atoms with E-state index in [0.29, 0.717) is 11.8 Å². The number of carbonyl (C=O) groups is 1. The lowest BCUT2D eigenvalue weighted by atomic mass is 10.3. The lowest BCUT2D eigenvalue weighted by Gasteiger charge is -2.14. The number of ether oxygens (including phenoxy) is 1. The molecule has 1 heterocycles. The van der Waals surface area contributed by atoms with Crippen molar-refractivity contribution in [3.8, 4) is 0 Å². The van der Waals surface area contributed by atoms with E-state index in [1.807, 2.05) is 0 Å². The Morgan fingerprint density at radius 1 is 1.81 bits per heavy atom. The van der Waals surface area contributed by atoms with Gasteiger partial charge in [-0.15, -0.1) is 0 Å². The molecule has 1 aromatic rings. The molecule has 1 aromatic heterocycles. The van der Waals surface area contributed by atoms with E-state index in [-0.39, 0.29) is 12.0 Å². The van der Waals surface area contributed by atoms with Gasteiger partial charge in [-0.25, -0.2) is 4.98 Å². The van der Waals surface area contributed by atoms with Gasteiger partial charge in [0.25, 0.3) is 0 Å². The number of carbonyl (C=O) groups excluding carboxylic acids is 1. The van der Waals surface area contributed by atoms with Gasteiger partial charge in [0.05, 0.1) is 7.11 Å². The molecule has 1 unspecified atom stereocenters. The Balaban J connectivity index is 1.83. The Kier molecular flexibility index (Phi) is 4.14. The van der Waals surface area contributed by atoms with Gasteiger partial charge in [0, 0.05) is 11.8 Å². The summed E-state index contributed by atoms with van der Waals surface area (Å²) in [7, 11) is 1.42. The first-order valence-electron chi connectivity index (χ1n) is 5.03. The van der Waals surface area contributed by atoms with Crippen molar-refractivity contribution in [2.24, 2.45) is 0 Å². The van der Waals surface area contributed by atoms with Crippen LogP contribution in [0.1, 0.15) is 12.8 Å². The van der Waals surface area contributed by atoms with Crippen LogP contribution in [0.4, 0.5) is 0 Å². The Morgan fingerprint density at radius 3 is 3.19 bits per heavy atom. The number of rotatable bonds is 6. The highest BCUT2D eigenvalue weighted by Gasteiger charge is 2.29. The number of hydrogen-bond donors (Lipinski definition) is 1. The molecule has 1 fully saturated rings. The fourth-order valence-corrected chi connectivity index (χ4v) is 2.73. The van der Waals surface area contributed by atoms with Gasteiger partial charge in [-0.05, 0) is 24.4 Å². The zero-order valence-electron chi connectivity index (χ0n) is 8.88. The molecule has 0 aliphatic heterocycles. The maximum atomic E-state index is 11.5. The van der Waals surface area contributed by atoms with Crippen LogP contribution in [0.2, 0.25) is 0 Å². The van der Waals surface area contributed by atoms with Crippen molar-refractivity contribution in [2.75, 3.05) is 12.9 Å². The molecule has 0 bridgehead atoms. The van der Waals surface area contributed by atoms with Crippen molar-refractivity contribution >= 4 is 29.3 Å². The van der Waals surface area contributed by atoms with Crippen molar-refractivity contribution in [3.63, 3.8) is 0 Å². The zero-order chi connectivity index (χ0) is 11.4. The average Bonchev–Trinajstić information content (AvgIpc) is 2.97. The van der Waals surface area contributed by atoms with Crippen LogP contribution in [-0.4, -0.2) is 40.3 Å². The summed E-state index contributed by atoms with van der Waals surface area (Å²) in [5.41, 5.74) is 0. The topological polar surface area (TPSA) is 64.1 Å². The monoisotopic (exact) mass is 259 g/mol. The summed E-state index contributed by atoms with van der Waals surface area (Å²) in [6.45, 7) is 0. The summed E-state index contributed by atoms with van der Waals surface area (Å²) in [6, 6.07) is 0.241. The van der Waals surface area contributed by atoms with Crippen LogP contribution in [0.15, 0.2) is 10.7 Å². The van der Waals surface area contributed by atoms with Crippen LogP contribution < -0.4 is 5.32 Å². The molecule has 1 aliphatic rings. The molecule has 16 heavy (non-hydrogen) atoms. The Hall–Kier alpha value is -0.660. The third-order valence-corrected chi connectivity index (χ3v) is 4.11. The molecule has 0 amide bonds. The standard InChI is InChI=1S/C9H13N3O2S2/c1-14-8(13)7(12-6-2-3-6)4-15-9-10-5-11-16-9/h5-7,12H,2-4H2,1H3. The van der Waals surface area contributed by atoms with E-state index < -0.39 is 0 Å². The van der Waals surface area contributed by atoms with Crippen molar-refractivity contribution < 1.29 is 9.53 Å². The summed E-state index contributed by atoms with van der Waals surface area (Å²) in [4.78, 5) is 15.6. The summed E-state index contributed by atoms with van der Waals surface area (Å²) in [5.74, 6) is 0.433. The molecular formula is C9H13N3O2S2. The largest absolute Gasteiger partial charge is 0.468 e. The van der Waals surface area contributed by atoms with E-state index >= 15 is 0 Å². The molecule has 0 spiro atoms. The second-order valence-corrected chi connectivity index (χ2v) is 5.58. The van der Waals surface area contributed by atoms with Gasteiger partial charge in [-0.2, -0.15) is 4.37 Å². The first-order valence-corrected chi connectivity index (χ1v) is 6.79. The first kappa shape index (κ1) is 11.8. The van der Waals surface area contributed by atoms with E-state index in [2.05, 4.69) is 14.7 Å². The molecule has 0 radical (unpaired) electrons. The maximum Gasteiger partial charge on any atom is 0.323 e. The number of nitrogens with one attached hydrogen (secondary N) is 1. The van der Waals surface area contributed by atoms with Crippen LogP contribution in [-0.2, 0) is 9.53 Å². The molecule has 7 heteroatoms. The number of hydrogen-bond acceptors (Lipinski definition) is 7. The third-order valence-electron chi connectivity index (χ3n) is 2.21. The minimum absolute atomic E-state index is 0.205. The second-order valence-electron chi connectivity index (χ2n) is 3.53. The smallest absolute Gasteiger partial charge is 0.323 e. The van der Waals surface area contributed by atoms with Crippen LogP contribution in [0.5, 0.6) is 0 Å². The molecular weight excluding hydrogens is 246 g/mol. The van der Waals surface area contributed by atoms with E-state index in [1.54, 1.807) is 0 Å². The van der Waals surface area contributed by atoms with Crippen LogP contribution in [0.3, 0.4) is 0 Å². The van der Waals surface area contributed by atoms with Crippen molar-refractivity contribution in [3.05, 3.63) is 6.33 Å². The van der Waals surface area contributed by atoms with Gasteiger partial charge in [0.1, 0.15) is 12.4 Å². The summed E-state index contributed by atoms with van der Waals surface area (Å²) < 4.78 is 9.56. The quantitative estimate of drug-likeness (QED) is 0.605. The highest BCUT2D eigenvalue weighted by atomic mass is 32.2. The fraction of sp³-hybridized carbons (Fsp3) is 0.667. The summed E-state index contributed by atoms with van der Waals surface area (Å²) in [6.07, 6.45) is 3.82. The minimum Gasteiger partial charge on any atom is -0.468 e. The van der Waals surface area contributed by atoms with Crippen LogP contribution in [0.25, 0.3) is 0 Å². The molecule has 5 nitrogen and oxygen atoms in total. The Labute approximate surface area is 102 Å². The zero-order valence-corrected chi connectivity index (χ0v) is 10.5. The summed E-state index contributed by atoms with van der Waals surface area (Å²) >= 11 is 2.87. The van der Waals surface area contributed by atoms with E-state index in [1.165, 1.54) is 36.7 Å². The Morgan fingerprint density at radius 2 is 2.62 bits per heavy atom. The highest BCUT2D eigenvalue weighted by molar-refractivity contribution is 8.01. The lowest BCUT2D eigenvalue weighted by molar-refractivity contribution is -0.142. The normalized spacial score (nSPS) is 17.1. The molecule has 0 saturated heterocycles. The first-order chi connectivity index (χ1) is 7.79. The molecule has 88 valence electrons. The molecule has 1 saturated carbocycles. The number of methoxy groups -OCH3 is 1. The van der Waals surface area contributed by atoms with E-state index in [0.717, 1.165) is 17.2 Å². The van der Waals surface area contributed by atoms with Crippen LogP contribution >= 0.6 is 23.3 Å². The average molecular weight is 259 g/mol. The molecule has 1 aliphatic carbocycles. The lowest BCUT2D eigenvalue weighted by Crippen LogP contribution is -2.40. The van der Waals surface area contributed by atoms with E-state index in [9.17, 15) is 4.79 Å². The predicted octanol–water partition coefficient (Wildman–Crippen LogP) is 0.924. The molecule has 2 rings (SSSR count). The van der Waals surface area contributed by atoms with Crippen molar-refractivity contribution in [1.82, 2.24) is 14.7 Å². The van der Waals surface area contributed by atoms with Crippen molar-refractivity contribution in [2.45, 2.75) is 29.3 Å². The number of esters is 1. The SMILES string of the molecule is COC(=O)C(CSc1ncns1)NC1CC1. The van der Waals surface area contributed by atoms with E-state index in [4.69, 9.17) is 4.74 Å².